The predicted octanol–water partition coefficient (Wildman–Crippen LogP) is 2.14. The fraction of sp³-hybridized carbons (Fsp3) is 0.250. The van der Waals surface area contributed by atoms with E-state index in [1.165, 1.54) is 0 Å². The molecule has 1 unspecified atom stereocenters. The fourth-order valence-corrected chi connectivity index (χ4v) is 3.07. The van der Waals surface area contributed by atoms with E-state index in [4.69, 9.17) is 9.47 Å². The lowest BCUT2D eigenvalue weighted by atomic mass is 10.2. The van der Waals surface area contributed by atoms with Gasteiger partial charge in [-0.15, -0.1) is 5.10 Å². The van der Waals surface area contributed by atoms with Gasteiger partial charge in [-0.25, -0.2) is 0 Å². The number of ether oxygens (including phenoxy) is 2. The monoisotopic (exact) mass is 357 g/mol. The molecule has 1 amide bonds. The highest BCUT2D eigenvalue weighted by Crippen LogP contribution is 2.31. The molecular weight excluding hydrogens is 342 g/mol. The van der Waals surface area contributed by atoms with Crippen LogP contribution in [0, 0.1) is 6.92 Å². The van der Waals surface area contributed by atoms with Gasteiger partial charge < -0.3 is 14.8 Å². The number of benzene rings is 1. The van der Waals surface area contributed by atoms with Gasteiger partial charge in [-0.3, -0.25) is 9.48 Å². The molecule has 0 saturated carbocycles. The number of rotatable bonds is 4. The summed E-state index contributed by atoms with van der Waals surface area (Å²) < 4.78 is 17.1. The standard InChI is InChI=1S/C16H15N5O3S/c1-10-15(25-20-19-10)16(22)18-11-6-17-21(7-11)8-12-9-23-13-4-2-3-5-14(13)24-12/h2-7,12H,8-9H2,1H3,(H,18,22). The highest BCUT2D eigenvalue weighted by atomic mass is 32.1. The van der Waals surface area contributed by atoms with Crippen LogP contribution in [0.15, 0.2) is 36.7 Å². The lowest BCUT2D eigenvalue weighted by Crippen LogP contribution is -2.33. The van der Waals surface area contributed by atoms with Gasteiger partial charge in [0.1, 0.15) is 11.5 Å². The Morgan fingerprint density at radius 2 is 2.24 bits per heavy atom. The maximum Gasteiger partial charge on any atom is 0.269 e. The molecule has 2 aromatic heterocycles. The first-order chi connectivity index (χ1) is 12.2. The van der Waals surface area contributed by atoms with Crippen molar-refractivity contribution in [2.45, 2.75) is 19.6 Å². The third-order valence-electron chi connectivity index (χ3n) is 3.71. The first kappa shape index (κ1) is 15.6. The Hall–Kier alpha value is -2.94. The maximum atomic E-state index is 12.2. The van der Waals surface area contributed by atoms with Gasteiger partial charge in [0.25, 0.3) is 5.91 Å². The van der Waals surface area contributed by atoms with E-state index in [1.54, 1.807) is 24.0 Å². The molecule has 0 aliphatic carbocycles. The van der Waals surface area contributed by atoms with Gasteiger partial charge in [0, 0.05) is 6.20 Å². The van der Waals surface area contributed by atoms with Gasteiger partial charge in [-0.05, 0) is 30.6 Å². The maximum absolute atomic E-state index is 12.2. The SMILES string of the molecule is Cc1nnsc1C(=O)Nc1cnn(CC2COc3ccccc3O2)c1. The number of carbonyl (C=O) groups excluding carboxylic acids is 1. The molecule has 3 aromatic rings. The Morgan fingerprint density at radius 1 is 1.40 bits per heavy atom. The van der Waals surface area contributed by atoms with Crippen molar-refractivity contribution in [3.8, 4) is 11.5 Å². The molecule has 9 heteroatoms. The van der Waals surface area contributed by atoms with Gasteiger partial charge in [-0.1, -0.05) is 16.6 Å². The van der Waals surface area contributed by atoms with Crippen molar-refractivity contribution in [3.63, 3.8) is 0 Å². The first-order valence-electron chi connectivity index (χ1n) is 7.70. The Bertz CT molecular complexity index is 907. The molecule has 25 heavy (non-hydrogen) atoms. The predicted molar refractivity (Wildman–Crippen MR) is 91.2 cm³/mol. The van der Waals surface area contributed by atoms with Gasteiger partial charge in [0.05, 0.1) is 24.1 Å². The van der Waals surface area contributed by atoms with E-state index in [-0.39, 0.29) is 12.0 Å². The van der Waals surface area contributed by atoms with Gasteiger partial charge in [-0.2, -0.15) is 5.10 Å². The number of anilines is 1. The molecule has 0 radical (unpaired) electrons. The summed E-state index contributed by atoms with van der Waals surface area (Å²) in [5, 5.41) is 10.9. The zero-order chi connectivity index (χ0) is 17.2. The van der Waals surface area contributed by atoms with Crippen molar-refractivity contribution in [1.82, 2.24) is 19.4 Å². The van der Waals surface area contributed by atoms with Crippen LogP contribution in [0.5, 0.6) is 11.5 Å². The minimum atomic E-state index is -0.238. The highest BCUT2D eigenvalue weighted by molar-refractivity contribution is 7.08. The first-order valence-corrected chi connectivity index (χ1v) is 8.47. The smallest absolute Gasteiger partial charge is 0.269 e. The number of aromatic nitrogens is 4. The van der Waals surface area contributed by atoms with Crippen molar-refractivity contribution in [1.29, 1.82) is 0 Å². The number of nitrogens with one attached hydrogen (secondary N) is 1. The number of fused-ring (bicyclic) bond motifs is 1. The summed E-state index contributed by atoms with van der Waals surface area (Å²) in [4.78, 5) is 12.7. The molecule has 0 fully saturated rings. The Morgan fingerprint density at radius 3 is 3.04 bits per heavy atom. The third kappa shape index (κ3) is 3.31. The second kappa shape index (κ2) is 6.52. The van der Waals surface area contributed by atoms with Crippen LogP contribution >= 0.6 is 11.5 Å². The van der Waals surface area contributed by atoms with Crippen LogP contribution < -0.4 is 14.8 Å². The number of nitrogens with zero attached hydrogens (tertiary/aromatic N) is 4. The molecule has 1 aromatic carbocycles. The average molecular weight is 357 g/mol. The number of aryl methyl sites for hydroxylation is 1. The fourth-order valence-electron chi connectivity index (χ4n) is 2.52. The van der Waals surface area contributed by atoms with E-state index in [2.05, 4.69) is 20.0 Å². The zero-order valence-corrected chi connectivity index (χ0v) is 14.2. The second-order valence-corrected chi connectivity index (χ2v) is 6.34. The average Bonchev–Trinajstić information content (AvgIpc) is 3.23. The lowest BCUT2D eigenvalue weighted by molar-refractivity contribution is 0.0759. The molecule has 128 valence electrons. The highest BCUT2D eigenvalue weighted by Gasteiger charge is 2.21. The zero-order valence-electron chi connectivity index (χ0n) is 13.4. The minimum Gasteiger partial charge on any atom is -0.486 e. The quantitative estimate of drug-likeness (QED) is 0.769. The second-order valence-electron chi connectivity index (χ2n) is 5.59. The van der Waals surface area contributed by atoms with Crippen LogP contribution in [0.4, 0.5) is 5.69 Å². The number of hydrogen-bond acceptors (Lipinski definition) is 7. The molecule has 0 saturated heterocycles. The number of amides is 1. The number of carbonyl (C=O) groups is 1. The molecule has 3 heterocycles. The normalized spacial score (nSPS) is 15.8. The Labute approximate surface area is 147 Å². The van der Waals surface area contributed by atoms with Crippen LogP contribution in [-0.2, 0) is 6.54 Å². The van der Waals surface area contributed by atoms with Gasteiger partial charge in [0.15, 0.2) is 17.6 Å². The summed E-state index contributed by atoms with van der Waals surface area (Å²) in [5.74, 6) is 1.24. The molecule has 8 nitrogen and oxygen atoms in total. The van der Waals surface area contributed by atoms with Crippen molar-refractivity contribution < 1.29 is 14.3 Å². The van der Waals surface area contributed by atoms with Crippen LogP contribution in [0.25, 0.3) is 0 Å². The largest absolute Gasteiger partial charge is 0.486 e. The summed E-state index contributed by atoms with van der Waals surface area (Å²) in [6.45, 7) is 2.72. The van der Waals surface area contributed by atoms with Crippen molar-refractivity contribution in [2.75, 3.05) is 11.9 Å². The minimum absolute atomic E-state index is 0.147. The van der Waals surface area contributed by atoms with E-state index < -0.39 is 0 Å². The molecule has 0 spiro atoms. The number of hydrogen-bond donors (Lipinski definition) is 1. The van der Waals surface area contributed by atoms with E-state index in [0.29, 0.717) is 29.4 Å². The molecule has 1 N–H and O–H groups in total. The summed E-state index contributed by atoms with van der Waals surface area (Å²) in [7, 11) is 0. The van der Waals surface area contributed by atoms with E-state index >= 15 is 0 Å². The molecule has 0 bridgehead atoms. The summed E-state index contributed by atoms with van der Waals surface area (Å²) >= 11 is 1.07. The van der Waals surface area contributed by atoms with Gasteiger partial charge in [0.2, 0.25) is 0 Å². The van der Waals surface area contributed by atoms with Crippen LogP contribution in [-0.4, -0.2) is 38.0 Å². The third-order valence-corrected chi connectivity index (χ3v) is 4.53. The Kier molecular flexibility index (Phi) is 4.06. The molecular formula is C16H15N5O3S. The van der Waals surface area contributed by atoms with Gasteiger partial charge >= 0.3 is 0 Å². The van der Waals surface area contributed by atoms with Crippen LogP contribution in [0.1, 0.15) is 15.4 Å². The molecule has 4 rings (SSSR count). The summed E-state index contributed by atoms with van der Waals surface area (Å²) in [5.41, 5.74) is 1.22. The lowest BCUT2D eigenvalue weighted by Gasteiger charge is -2.26. The van der Waals surface area contributed by atoms with Crippen LogP contribution in [0.2, 0.25) is 0 Å². The molecule has 1 aliphatic rings. The molecule has 1 atom stereocenters. The topological polar surface area (TPSA) is 91.2 Å². The van der Waals surface area contributed by atoms with Crippen molar-refractivity contribution in [3.05, 3.63) is 47.2 Å². The van der Waals surface area contributed by atoms with E-state index in [0.717, 1.165) is 23.0 Å². The summed E-state index contributed by atoms with van der Waals surface area (Å²) in [6.07, 6.45) is 3.21. The Balaban J connectivity index is 1.39. The van der Waals surface area contributed by atoms with E-state index in [1.807, 2.05) is 24.3 Å². The summed E-state index contributed by atoms with van der Waals surface area (Å²) in [6, 6.07) is 7.57. The van der Waals surface area contributed by atoms with Crippen molar-refractivity contribution in [2.24, 2.45) is 0 Å². The van der Waals surface area contributed by atoms with Crippen molar-refractivity contribution >= 4 is 23.1 Å². The molecule has 1 aliphatic heterocycles. The van der Waals surface area contributed by atoms with E-state index in [9.17, 15) is 4.79 Å². The number of para-hydroxylation sites is 2. The van der Waals surface area contributed by atoms with Crippen LogP contribution in [0.3, 0.4) is 0 Å².